The van der Waals surface area contributed by atoms with E-state index in [4.69, 9.17) is 0 Å². The number of thiophene rings is 2. The molecule has 2 heterocycles. The highest BCUT2D eigenvalue weighted by Crippen LogP contribution is 2.45. The Morgan fingerprint density at radius 2 is 1.37 bits per heavy atom. The molecule has 0 atom stereocenters. The molecule has 0 bridgehead atoms. The van der Waals surface area contributed by atoms with E-state index < -0.39 is 0 Å². The topological polar surface area (TPSA) is 0 Å². The van der Waals surface area contributed by atoms with E-state index in [1.807, 2.05) is 22.7 Å². The number of hydrogen-bond donors (Lipinski definition) is 0. The highest BCUT2D eigenvalue weighted by Gasteiger charge is 2.17. The minimum Gasteiger partial charge on any atom is -0.142 e. The molecule has 0 aliphatic heterocycles. The fraction of sp³-hybridized carbons (Fsp3) is 0.294. The lowest BCUT2D eigenvalue weighted by atomic mass is 9.94. The van der Waals surface area contributed by atoms with Crippen LogP contribution in [0.3, 0.4) is 0 Å². The maximum atomic E-state index is 2.30. The van der Waals surface area contributed by atoms with Gasteiger partial charge < -0.3 is 0 Å². The third kappa shape index (κ3) is 1.94. The molecule has 0 radical (unpaired) electrons. The highest BCUT2D eigenvalue weighted by molar-refractivity contribution is 7.28. The molecule has 0 N–H and O–H groups in total. The Morgan fingerprint density at radius 3 is 2.00 bits per heavy atom. The first-order valence-electron chi connectivity index (χ1n) is 6.54. The zero-order valence-corrected chi connectivity index (χ0v) is 13.7. The van der Waals surface area contributed by atoms with Crippen LogP contribution in [-0.4, -0.2) is 0 Å². The van der Waals surface area contributed by atoms with Gasteiger partial charge in [0.2, 0.25) is 0 Å². The molecular weight excluding hydrogens is 268 g/mol. The van der Waals surface area contributed by atoms with Gasteiger partial charge in [0.05, 0.1) is 4.70 Å². The Labute approximate surface area is 122 Å². The second-order valence-corrected chi connectivity index (χ2v) is 7.49. The summed E-state index contributed by atoms with van der Waals surface area (Å²) in [7, 11) is 0. The smallest absolute Gasteiger partial charge is 0.0534 e. The zero-order chi connectivity index (χ0) is 13.7. The Bertz CT molecular complexity index is 749. The Morgan fingerprint density at radius 1 is 0.737 bits per heavy atom. The number of rotatable bonds is 1. The molecule has 1 aromatic carbocycles. The van der Waals surface area contributed by atoms with Crippen LogP contribution in [0.1, 0.15) is 27.1 Å². The van der Waals surface area contributed by atoms with E-state index in [0.29, 0.717) is 0 Å². The summed E-state index contributed by atoms with van der Waals surface area (Å²) >= 11 is 3.83. The lowest BCUT2D eigenvalue weighted by molar-refractivity contribution is 1.32. The van der Waals surface area contributed by atoms with Crippen molar-refractivity contribution in [2.45, 2.75) is 34.6 Å². The summed E-state index contributed by atoms with van der Waals surface area (Å²) in [6, 6.07) is 4.59. The van der Waals surface area contributed by atoms with Crippen molar-refractivity contribution in [3.63, 3.8) is 0 Å². The Balaban J connectivity index is 2.39. The molecule has 0 aliphatic carbocycles. The van der Waals surface area contributed by atoms with Crippen molar-refractivity contribution in [3.05, 3.63) is 44.6 Å². The van der Waals surface area contributed by atoms with Gasteiger partial charge in [0.15, 0.2) is 0 Å². The van der Waals surface area contributed by atoms with Gasteiger partial charge in [-0.2, -0.15) is 0 Å². The fourth-order valence-electron chi connectivity index (χ4n) is 2.96. The van der Waals surface area contributed by atoms with Crippen LogP contribution in [0.25, 0.3) is 20.5 Å². The van der Waals surface area contributed by atoms with E-state index in [9.17, 15) is 0 Å². The van der Waals surface area contributed by atoms with Gasteiger partial charge in [-0.1, -0.05) is 17.7 Å². The maximum Gasteiger partial charge on any atom is 0.0534 e. The van der Waals surface area contributed by atoms with Gasteiger partial charge in [-0.15, -0.1) is 22.7 Å². The predicted molar refractivity (Wildman–Crippen MR) is 88.8 cm³/mol. The maximum absolute atomic E-state index is 2.30. The van der Waals surface area contributed by atoms with E-state index in [-0.39, 0.29) is 0 Å². The molecule has 0 spiro atoms. The molecule has 0 amide bonds. The first kappa shape index (κ1) is 12.9. The van der Waals surface area contributed by atoms with Crippen molar-refractivity contribution < 1.29 is 0 Å². The van der Waals surface area contributed by atoms with E-state index >= 15 is 0 Å². The SMILES string of the molecule is Cc1cc(C)c(-c2c(C)sc3c(C)csc23)c(C)c1. The van der Waals surface area contributed by atoms with Gasteiger partial charge in [0, 0.05) is 15.1 Å². The monoisotopic (exact) mass is 286 g/mol. The van der Waals surface area contributed by atoms with E-state index in [1.54, 1.807) is 0 Å². The fourth-order valence-corrected chi connectivity index (χ4v) is 5.45. The number of benzene rings is 1. The van der Waals surface area contributed by atoms with Crippen molar-refractivity contribution in [2.24, 2.45) is 0 Å². The van der Waals surface area contributed by atoms with Crippen LogP contribution in [0.2, 0.25) is 0 Å². The van der Waals surface area contributed by atoms with Crippen LogP contribution in [-0.2, 0) is 0 Å². The van der Waals surface area contributed by atoms with Gasteiger partial charge in [0.1, 0.15) is 0 Å². The summed E-state index contributed by atoms with van der Waals surface area (Å²) in [6.07, 6.45) is 0. The normalized spacial score (nSPS) is 11.4. The Kier molecular flexibility index (Phi) is 3.03. The minimum absolute atomic E-state index is 1.35. The first-order valence-corrected chi connectivity index (χ1v) is 8.24. The second kappa shape index (κ2) is 4.46. The number of hydrogen-bond acceptors (Lipinski definition) is 2. The summed E-state index contributed by atoms with van der Waals surface area (Å²) in [5, 5.41) is 2.28. The first-order chi connectivity index (χ1) is 8.99. The molecule has 0 unspecified atom stereocenters. The summed E-state index contributed by atoms with van der Waals surface area (Å²) in [5.74, 6) is 0. The van der Waals surface area contributed by atoms with E-state index in [1.165, 1.54) is 47.7 Å². The predicted octanol–water partition coefficient (Wildman–Crippen LogP) is 6.17. The third-order valence-corrected chi connectivity index (χ3v) is 6.16. The molecule has 19 heavy (non-hydrogen) atoms. The van der Waals surface area contributed by atoms with Crippen LogP contribution in [0.15, 0.2) is 17.5 Å². The molecule has 0 saturated carbocycles. The van der Waals surface area contributed by atoms with Gasteiger partial charge in [0.25, 0.3) is 0 Å². The van der Waals surface area contributed by atoms with Gasteiger partial charge in [-0.05, 0) is 62.3 Å². The largest absolute Gasteiger partial charge is 0.142 e. The lowest BCUT2D eigenvalue weighted by Crippen LogP contribution is -1.90. The second-order valence-electron chi connectivity index (χ2n) is 5.38. The molecule has 3 aromatic rings. The van der Waals surface area contributed by atoms with Crippen molar-refractivity contribution in [3.8, 4) is 11.1 Å². The standard InChI is InChI=1S/C17H18S2/c1-9-6-10(2)14(11(3)7-9)15-13(5)19-16-12(4)8-18-17(15)16/h6-8H,1-5H3. The summed E-state index contributed by atoms with van der Waals surface area (Å²) in [5.41, 5.74) is 8.47. The van der Waals surface area contributed by atoms with Crippen molar-refractivity contribution in [1.29, 1.82) is 0 Å². The molecule has 98 valence electrons. The van der Waals surface area contributed by atoms with Crippen LogP contribution in [0, 0.1) is 34.6 Å². The van der Waals surface area contributed by atoms with E-state index in [0.717, 1.165) is 0 Å². The summed E-state index contributed by atoms with van der Waals surface area (Å²) in [6.45, 7) is 11.1. The average molecular weight is 286 g/mol. The molecule has 2 heteroatoms. The van der Waals surface area contributed by atoms with Crippen molar-refractivity contribution >= 4 is 32.1 Å². The molecule has 3 rings (SSSR count). The number of aryl methyl sites for hydroxylation is 5. The van der Waals surface area contributed by atoms with Crippen LogP contribution in [0.4, 0.5) is 0 Å². The molecular formula is C17H18S2. The molecule has 0 aliphatic rings. The van der Waals surface area contributed by atoms with Crippen LogP contribution < -0.4 is 0 Å². The van der Waals surface area contributed by atoms with Crippen LogP contribution >= 0.6 is 22.7 Å². The minimum atomic E-state index is 1.35. The Hall–Kier alpha value is -1.12. The summed E-state index contributed by atoms with van der Waals surface area (Å²) in [4.78, 5) is 1.44. The quantitative estimate of drug-likeness (QED) is 0.501. The van der Waals surface area contributed by atoms with Gasteiger partial charge in [-0.25, -0.2) is 0 Å². The highest BCUT2D eigenvalue weighted by atomic mass is 32.1. The van der Waals surface area contributed by atoms with Gasteiger partial charge >= 0.3 is 0 Å². The molecule has 2 aromatic heterocycles. The van der Waals surface area contributed by atoms with Crippen LogP contribution in [0.5, 0.6) is 0 Å². The van der Waals surface area contributed by atoms with Gasteiger partial charge in [-0.3, -0.25) is 0 Å². The average Bonchev–Trinajstić information content (AvgIpc) is 2.80. The van der Waals surface area contributed by atoms with Crippen molar-refractivity contribution in [1.82, 2.24) is 0 Å². The molecule has 0 fully saturated rings. The lowest BCUT2D eigenvalue weighted by Gasteiger charge is -2.11. The zero-order valence-electron chi connectivity index (χ0n) is 12.0. The van der Waals surface area contributed by atoms with Crippen molar-refractivity contribution in [2.75, 3.05) is 0 Å². The van der Waals surface area contributed by atoms with E-state index in [2.05, 4.69) is 52.1 Å². The summed E-state index contributed by atoms with van der Waals surface area (Å²) < 4.78 is 2.94. The third-order valence-electron chi connectivity index (χ3n) is 3.68. The number of fused-ring (bicyclic) bond motifs is 1. The molecule has 0 nitrogen and oxygen atoms in total. The molecule has 0 saturated heterocycles.